The second-order valence-electron chi connectivity index (χ2n) is 4.46. The third-order valence-corrected chi connectivity index (χ3v) is 2.88. The van der Waals surface area contributed by atoms with Gasteiger partial charge in [0, 0.05) is 11.8 Å². The molecule has 2 aromatic heterocycles. The largest absolute Gasteiger partial charge is 0.436 e. The summed E-state index contributed by atoms with van der Waals surface area (Å²) in [5.74, 6) is 0.620. The van der Waals surface area contributed by atoms with Crippen molar-refractivity contribution < 1.29 is 8.98 Å². The highest BCUT2D eigenvalue weighted by Crippen LogP contribution is 2.27. The van der Waals surface area contributed by atoms with E-state index in [0.29, 0.717) is 11.6 Å². The fourth-order valence-electron chi connectivity index (χ4n) is 2.07. The van der Waals surface area contributed by atoms with Crippen molar-refractivity contribution in [1.82, 2.24) is 4.98 Å². The number of pyridine rings is 1. The van der Waals surface area contributed by atoms with E-state index in [9.17, 15) is 0 Å². The molecular weight excluding hydrogens is 226 g/mol. The van der Waals surface area contributed by atoms with Crippen LogP contribution in [-0.2, 0) is 7.05 Å². The van der Waals surface area contributed by atoms with E-state index in [1.807, 2.05) is 55.2 Å². The molecule has 18 heavy (non-hydrogen) atoms. The maximum atomic E-state index is 5.81. The Kier molecular flexibility index (Phi) is 2.30. The number of hydrogen-bond donors (Lipinski definition) is 1. The van der Waals surface area contributed by atoms with Gasteiger partial charge in [0.1, 0.15) is 18.1 Å². The Balaban J connectivity index is 2.22. The van der Waals surface area contributed by atoms with Gasteiger partial charge in [-0.3, -0.25) is 0 Å². The number of benzene rings is 1. The van der Waals surface area contributed by atoms with Crippen molar-refractivity contribution in [3.05, 3.63) is 42.2 Å². The summed E-state index contributed by atoms with van der Waals surface area (Å²) in [6, 6.07) is 7.66. The molecule has 0 amide bonds. The second kappa shape index (κ2) is 3.84. The quantitative estimate of drug-likeness (QED) is 0.524. The van der Waals surface area contributed by atoms with E-state index >= 15 is 0 Å². The Morgan fingerprint density at radius 1 is 1.33 bits per heavy atom. The van der Waals surface area contributed by atoms with Crippen molar-refractivity contribution in [2.24, 2.45) is 7.05 Å². The van der Waals surface area contributed by atoms with Crippen LogP contribution in [0.3, 0.4) is 0 Å². The van der Waals surface area contributed by atoms with E-state index in [1.54, 1.807) is 0 Å². The molecule has 2 N–H and O–H groups in total. The van der Waals surface area contributed by atoms with Crippen molar-refractivity contribution in [2.75, 3.05) is 5.73 Å². The lowest BCUT2D eigenvalue weighted by Crippen LogP contribution is -2.26. The molecule has 2 heterocycles. The molecule has 0 aliphatic heterocycles. The van der Waals surface area contributed by atoms with Crippen LogP contribution in [-0.4, -0.2) is 4.98 Å². The Morgan fingerprint density at radius 3 is 2.94 bits per heavy atom. The Labute approximate surface area is 105 Å². The summed E-state index contributed by atoms with van der Waals surface area (Å²) in [7, 11) is 1.97. The Hall–Kier alpha value is -2.36. The van der Waals surface area contributed by atoms with Gasteiger partial charge in [-0.1, -0.05) is 0 Å². The monoisotopic (exact) mass is 240 g/mol. The lowest BCUT2D eigenvalue weighted by molar-refractivity contribution is -0.671. The molecule has 0 fully saturated rings. The zero-order chi connectivity index (χ0) is 12.7. The topological polar surface area (TPSA) is 55.9 Å². The average molecular weight is 240 g/mol. The van der Waals surface area contributed by atoms with Crippen molar-refractivity contribution in [3.8, 4) is 11.5 Å². The van der Waals surface area contributed by atoms with Crippen LogP contribution in [0.5, 0.6) is 0 Å². The summed E-state index contributed by atoms with van der Waals surface area (Å²) in [6.07, 6.45) is 3.94. The Bertz CT molecular complexity index is 731. The normalized spacial score (nSPS) is 11.0. The predicted octanol–water partition coefficient (Wildman–Crippen LogP) is 2.21. The average Bonchev–Trinajstić information content (AvgIpc) is 2.73. The summed E-state index contributed by atoms with van der Waals surface area (Å²) in [5.41, 5.74) is 10.1. The molecule has 0 saturated carbocycles. The van der Waals surface area contributed by atoms with E-state index < -0.39 is 0 Å². The van der Waals surface area contributed by atoms with Crippen molar-refractivity contribution >= 4 is 16.8 Å². The number of aromatic nitrogens is 2. The first-order chi connectivity index (χ1) is 8.63. The highest BCUT2D eigenvalue weighted by molar-refractivity contribution is 5.82. The first-order valence-corrected chi connectivity index (χ1v) is 5.76. The molecular formula is C14H14N3O+. The van der Waals surface area contributed by atoms with E-state index in [-0.39, 0.29) is 0 Å². The minimum atomic E-state index is 0.620. The number of oxazole rings is 1. The summed E-state index contributed by atoms with van der Waals surface area (Å²) < 4.78 is 7.78. The zero-order valence-electron chi connectivity index (χ0n) is 10.3. The highest BCUT2D eigenvalue weighted by atomic mass is 16.3. The second-order valence-corrected chi connectivity index (χ2v) is 4.46. The van der Waals surface area contributed by atoms with Gasteiger partial charge >= 0.3 is 0 Å². The number of anilines is 1. The summed E-state index contributed by atoms with van der Waals surface area (Å²) in [5, 5.41) is 0. The van der Waals surface area contributed by atoms with Crippen LogP contribution in [0.2, 0.25) is 0 Å². The van der Waals surface area contributed by atoms with Gasteiger partial charge in [0.2, 0.25) is 5.89 Å². The molecule has 4 heteroatoms. The van der Waals surface area contributed by atoms with Crippen LogP contribution < -0.4 is 10.3 Å². The molecule has 0 aliphatic carbocycles. The first-order valence-electron chi connectivity index (χ1n) is 5.76. The molecule has 0 saturated heterocycles. The number of aryl methyl sites for hydroxylation is 2. The molecule has 0 aliphatic rings. The minimum Gasteiger partial charge on any atom is -0.436 e. The fourth-order valence-corrected chi connectivity index (χ4v) is 2.07. The molecule has 3 aromatic rings. The van der Waals surface area contributed by atoms with E-state index in [2.05, 4.69) is 4.98 Å². The van der Waals surface area contributed by atoms with Crippen LogP contribution in [0, 0.1) is 6.92 Å². The van der Waals surface area contributed by atoms with E-state index in [1.165, 1.54) is 0 Å². The number of nitrogens with zero attached hydrogens (tertiary/aromatic N) is 2. The van der Waals surface area contributed by atoms with Gasteiger partial charge < -0.3 is 10.2 Å². The zero-order valence-corrected chi connectivity index (χ0v) is 10.3. The number of rotatable bonds is 1. The smallest absolute Gasteiger partial charge is 0.233 e. The molecule has 0 radical (unpaired) electrons. The lowest BCUT2D eigenvalue weighted by atomic mass is 10.2. The summed E-state index contributed by atoms with van der Waals surface area (Å²) in [6.45, 7) is 1.97. The standard InChI is InChI=1S/C14H14N3O/c1-9-6-11(15)7-12-13(9)18-14(16-12)10-4-3-5-17(2)8-10/h3-8H,15H2,1-2H3/q+1. The van der Waals surface area contributed by atoms with E-state index in [0.717, 1.165) is 22.2 Å². The van der Waals surface area contributed by atoms with Crippen LogP contribution in [0.25, 0.3) is 22.6 Å². The lowest BCUT2D eigenvalue weighted by Gasteiger charge is -1.95. The number of nitrogens with two attached hydrogens (primary N) is 1. The number of fused-ring (bicyclic) bond motifs is 1. The van der Waals surface area contributed by atoms with Gasteiger partial charge in [0.25, 0.3) is 0 Å². The van der Waals surface area contributed by atoms with Crippen molar-refractivity contribution in [3.63, 3.8) is 0 Å². The van der Waals surface area contributed by atoms with Gasteiger partial charge in [0.15, 0.2) is 18.0 Å². The third kappa shape index (κ3) is 1.72. The van der Waals surface area contributed by atoms with Gasteiger partial charge in [0.05, 0.1) is 0 Å². The molecule has 1 aromatic carbocycles. The third-order valence-electron chi connectivity index (χ3n) is 2.88. The summed E-state index contributed by atoms with van der Waals surface area (Å²) >= 11 is 0. The number of hydrogen-bond acceptors (Lipinski definition) is 3. The molecule has 4 nitrogen and oxygen atoms in total. The van der Waals surface area contributed by atoms with Crippen LogP contribution in [0.15, 0.2) is 41.1 Å². The minimum absolute atomic E-state index is 0.620. The van der Waals surface area contributed by atoms with Crippen molar-refractivity contribution in [1.29, 1.82) is 0 Å². The first kappa shape index (κ1) is 10.8. The van der Waals surface area contributed by atoms with Crippen LogP contribution in [0.4, 0.5) is 5.69 Å². The molecule has 0 unspecified atom stereocenters. The van der Waals surface area contributed by atoms with Gasteiger partial charge in [-0.2, -0.15) is 0 Å². The van der Waals surface area contributed by atoms with Gasteiger partial charge in [-0.05, 0) is 30.7 Å². The predicted molar refractivity (Wildman–Crippen MR) is 69.8 cm³/mol. The van der Waals surface area contributed by atoms with Gasteiger partial charge in [-0.15, -0.1) is 0 Å². The molecule has 90 valence electrons. The maximum absolute atomic E-state index is 5.81. The molecule has 0 bridgehead atoms. The summed E-state index contributed by atoms with van der Waals surface area (Å²) in [4.78, 5) is 4.49. The molecule has 0 spiro atoms. The Morgan fingerprint density at radius 2 is 2.17 bits per heavy atom. The molecule has 0 atom stereocenters. The fraction of sp³-hybridized carbons (Fsp3) is 0.143. The highest BCUT2D eigenvalue weighted by Gasteiger charge is 2.12. The SMILES string of the molecule is Cc1cc(N)cc2nc(-c3ccc[n+](C)c3)oc12. The number of nitrogen functional groups attached to an aromatic ring is 1. The van der Waals surface area contributed by atoms with E-state index in [4.69, 9.17) is 10.2 Å². The van der Waals surface area contributed by atoms with Crippen molar-refractivity contribution in [2.45, 2.75) is 6.92 Å². The van der Waals surface area contributed by atoms with Crippen LogP contribution in [0.1, 0.15) is 5.56 Å². The maximum Gasteiger partial charge on any atom is 0.233 e. The van der Waals surface area contributed by atoms with Gasteiger partial charge in [-0.25, -0.2) is 9.55 Å². The molecule has 3 rings (SSSR count). The van der Waals surface area contributed by atoms with Crippen LogP contribution >= 0.6 is 0 Å².